The highest BCUT2D eigenvalue weighted by atomic mass is 16.6. The highest BCUT2D eigenvalue weighted by molar-refractivity contribution is 5.72. The molecule has 6 heteroatoms. The number of nitrogen functional groups attached to an aromatic ring is 1. The Morgan fingerprint density at radius 3 is 2.71 bits per heavy atom. The van der Waals surface area contributed by atoms with Crippen LogP contribution < -0.4 is 16.4 Å². The fourth-order valence-corrected chi connectivity index (χ4v) is 3.56. The van der Waals surface area contributed by atoms with Gasteiger partial charge in [-0.05, 0) is 48.1 Å². The van der Waals surface area contributed by atoms with Crippen molar-refractivity contribution in [2.45, 2.75) is 43.8 Å². The standard InChI is InChI=1S/C15H19N5O/c16-15-14(19-21-20-15)9-2-1-3-10(6-9)18-13-7-11-4-5-12(8-13)17-11/h1-3,6,11-13,17-18H,4-5,7-8H2,(H2,16,20). The molecule has 0 amide bonds. The number of benzene rings is 1. The molecule has 4 N–H and O–H groups in total. The normalized spacial score (nSPS) is 27.7. The fraction of sp³-hybridized carbons (Fsp3) is 0.467. The van der Waals surface area contributed by atoms with Crippen molar-refractivity contribution in [1.29, 1.82) is 0 Å². The predicted molar refractivity (Wildman–Crippen MR) is 80.7 cm³/mol. The van der Waals surface area contributed by atoms with E-state index in [9.17, 15) is 0 Å². The van der Waals surface area contributed by atoms with Crippen LogP contribution in [0.5, 0.6) is 0 Å². The zero-order chi connectivity index (χ0) is 14.2. The molecule has 0 radical (unpaired) electrons. The number of nitrogens with zero attached hydrogens (tertiary/aromatic N) is 2. The van der Waals surface area contributed by atoms with Crippen LogP contribution in [0.15, 0.2) is 28.9 Å². The van der Waals surface area contributed by atoms with Gasteiger partial charge >= 0.3 is 0 Å². The monoisotopic (exact) mass is 285 g/mol. The summed E-state index contributed by atoms with van der Waals surface area (Å²) in [6, 6.07) is 10.00. The number of rotatable bonds is 3. The minimum atomic E-state index is 0.326. The summed E-state index contributed by atoms with van der Waals surface area (Å²) in [6.45, 7) is 0. The Kier molecular flexibility index (Phi) is 3.03. The van der Waals surface area contributed by atoms with Crippen LogP contribution in [-0.2, 0) is 0 Å². The van der Waals surface area contributed by atoms with Crippen LogP contribution in [-0.4, -0.2) is 28.4 Å². The maximum atomic E-state index is 5.76. The summed E-state index contributed by atoms with van der Waals surface area (Å²) in [6.07, 6.45) is 5.00. The Balaban J connectivity index is 1.52. The molecular formula is C15H19N5O. The van der Waals surface area contributed by atoms with Gasteiger partial charge < -0.3 is 16.4 Å². The van der Waals surface area contributed by atoms with Gasteiger partial charge in [-0.2, -0.15) is 0 Å². The first kappa shape index (κ1) is 12.6. The summed E-state index contributed by atoms with van der Waals surface area (Å²) in [5, 5.41) is 14.8. The number of nitrogens with one attached hydrogen (secondary N) is 2. The van der Waals surface area contributed by atoms with Crippen LogP contribution in [0.3, 0.4) is 0 Å². The Morgan fingerprint density at radius 1 is 1.19 bits per heavy atom. The van der Waals surface area contributed by atoms with Crippen LogP contribution in [0.1, 0.15) is 25.7 Å². The van der Waals surface area contributed by atoms with Crippen molar-refractivity contribution in [3.63, 3.8) is 0 Å². The van der Waals surface area contributed by atoms with Gasteiger partial charge in [0.1, 0.15) is 0 Å². The number of piperidine rings is 1. The second-order valence-corrected chi connectivity index (χ2v) is 6.03. The van der Waals surface area contributed by atoms with Gasteiger partial charge in [0.15, 0.2) is 11.5 Å². The first-order valence-corrected chi connectivity index (χ1v) is 7.49. The lowest BCUT2D eigenvalue weighted by Crippen LogP contribution is -2.43. The maximum Gasteiger partial charge on any atom is 0.196 e. The summed E-state index contributed by atoms with van der Waals surface area (Å²) in [5.74, 6) is 0.326. The summed E-state index contributed by atoms with van der Waals surface area (Å²) in [4.78, 5) is 0. The lowest BCUT2D eigenvalue weighted by atomic mass is 9.99. The number of fused-ring (bicyclic) bond motifs is 2. The molecule has 1 aromatic carbocycles. The smallest absolute Gasteiger partial charge is 0.196 e. The van der Waals surface area contributed by atoms with E-state index >= 15 is 0 Å². The molecule has 0 spiro atoms. The van der Waals surface area contributed by atoms with Crippen molar-refractivity contribution in [2.24, 2.45) is 0 Å². The third kappa shape index (κ3) is 2.47. The van der Waals surface area contributed by atoms with Crippen molar-refractivity contribution in [3.8, 4) is 11.3 Å². The second-order valence-electron chi connectivity index (χ2n) is 6.03. The van der Waals surface area contributed by atoms with E-state index < -0.39 is 0 Å². The summed E-state index contributed by atoms with van der Waals surface area (Å²) >= 11 is 0. The Hall–Kier alpha value is -2.08. The fourth-order valence-electron chi connectivity index (χ4n) is 3.56. The van der Waals surface area contributed by atoms with Gasteiger partial charge in [-0.1, -0.05) is 12.1 Å². The molecule has 0 aliphatic carbocycles. The molecule has 2 fully saturated rings. The van der Waals surface area contributed by atoms with Gasteiger partial charge in [0.25, 0.3) is 0 Å². The van der Waals surface area contributed by atoms with E-state index in [1.165, 1.54) is 25.7 Å². The molecule has 6 nitrogen and oxygen atoms in total. The highest BCUT2D eigenvalue weighted by Gasteiger charge is 2.33. The van der Waals surface area contributed by atoms with Gasteiger partial charge in [0.2, 0.25) is 0 Å². The number of nitrogens with two attached hydrogens (primary N) is 1. The first-order valence-electron chi connectivity index (χ1n) is 7.49. The van der Waals surface area contributed by atoms with Gasteiger partial charge in [0, 0.05) is 29.4 Å². The summed E-state index contributed by atoms with van der Waals surface area (Å²) < 4.78 is 4.67. The molecule has 2 atom stereocenters. The summed E-state index contributed by atoms with van der Waals surface area (Å²) in [5.41, 5.74) is 8.38. The van der Waals surface area contributed by atoms with Crippen LogP contribution in [0.25, 0.3) is 11.3 Å². The number of hydrogen-bond acceptors (Lipinski definition) is 6. The lowest BCUT2D eigenvalue weighted by molar-refractivity contribution is 0.310. The van der Waals surface area contributed by atoms with Crippen LogP contribution in [0, 0.1) is 0 Å². The van der Waals surface area contributed by atoms with E-state index in [4.69, 9.17) is 5.73 Å². The van der Waals surface area contributed by atoms with E-state index in [0.717, 1.165) is 11.3 Å². The molecule has 3 heterocycles. The van der Waals surface area contributed by atoms with Crippen molar-refractivity contribution in [3.05, 3.63) is 24.3 Å². The van der Waals surface area contributed by atoms with Crippen LogP contribution in [0.4, 0.5) is 11.5 Å². The van der Waals surface area contributed by atoms with Gasteiger partial charge in [-0.3, -0.25) is 0 Å². The third-order valence-corrected chi connectivity index (χ3v) is 4.49. The van der Waals surface area contributed by atoms with E-state index in [0.29, 0.717) is 29.6 Å². The molecule has 2 aliphatic rings. The van der Waals surface area contributed by atoms with Gasteiger partial charge in [-0.15, -0.1) is 0 Å². The van der Waals surface area contributed by atoms with Crippen molar-refractivity contribution < 1.29 is 4.63 Å². The van der Waals surface area contributed by atoms with Gasteiger partial charge in [-0.25, -0.2) is 4.63 Å². The quantitative estimate of drug-likeness (QED) is 0.799. The minimum absolute atomic E-state index is 0.326. The second kappa shape index (κ2) is 5.04. The zero-order valence-corrected chi connectivity index (χ0v) is 11.7. The topological polar surface area (TPSA) is 89.0 Å². The Labute approximate surface area is 123 Å². The number of hydrogen-bond donors (Lipinski definition) is 3. The van der Waals surface area contributed by atoms with Crippen molar-refractivity contribution in [1.82, 2.24) is 15.6 Å². The minimum Gasteiger partial charge on any atom is -0.382 e. The molecular weight excluding hydrogens is 266 g/mol. The van der Waals surface area contributed by atoms with E-state index in [2.05, 4.69) is 37.7 Å². The molecule has 2 unspecified atom stereocenters. The van der Waals surface area contributed by atoms with Crippen molar-refractivity contribution in [2.75, 3.05) is 11.1 Å². The van der Waals surface area contributed by atoms with E-state index in [-0.39, 0.29) is 0 Å². The number of aromatic nitrogens is 2. The molecule has 110 valence electrons. The average Bonchev–Trinajstić information content (AvgIpc) is 3.05. The Morgan fingerprint density at radius 2 is 2.00 bits per heavy atom. The predicted octanol–water partition coefficient (Wildman–Crippen LogP) is 2.01. The van der Waals surface area contributed by atoms with E-state index in [1.807, 2.05) is 12.1 Å². The lowest BCUT2D eigenvalue weighted by Gasteiger charge is -2.30. The molecule has 2 aliphatic heterocycles. The van der Waals surface area contributed by atoms with Gasteiger partial charge in [0.05, 0.1) is 0 Å². The van der Waals surface area contributed by atoms with Crippen molar-refractivity contribution >= 4 is 11.5 Å². The molecule has 1 aromatic heterocycles. The third-order valence-electron chi connectivity index (χ3n) is 4.49. The largest absolute Gasteiger partial charge is 0.382 e. The molecule has 2 aromatic rings. The Bertz CT molecular complexity index is 628. The van der Waals surface area contributed by atoms with E-state index in [1.54, 1.807) is 0 Å². The summed E-state index contributed by atoms with van der Waals surface area (Å²) in [7, 11) is 0. The average molecular weight is 285 g/mol. The molecule has 2 saturated heterocycles. The first-order chi connectivity index (χ1) is 10.3. The molecule has 21 heavy (non-hydrogen) atoms. The zero-order valence-electron chi connectivity index (χ0n) is 11.7. The van der Waals surface area contributed by atoms with Crippen LogP contribution in [0.2, 0.25) is 0 Å². The molecule has 0 saturated carbocycles. The number of anilines is 2. The van der Waals surface area contributed by atoms with Crippen LogP contribution >= 0.6 is 0 Å². The molecule has 4 rings (SSSR count). The molecule has 2 bridgehead atoms. The SMILES string of the molecule is Nc1nonc1-c1cccc(NC2CC3CCC(C2)N3)c1. The highest BCUT2D eigenvalue weighted by Crippen LogP contribution is 2.30. The maximum absolute atomic E-state index is 5.76.